The van der Waals surface area contributed by atoms with Crippen molar-refractivity contribution in [3.63, 3.8) is 0 Å². The molecule has 0 radical (unpaired) electrons. The number of alkyl halides is 12. The summed E-state index contributed by atoms with van der Waals surface area (Å²) >= 11 is 0. The molecule has 2 N–H and O–H groups in total. The van der Waals surface area contributed by atoms with Gasteiger partial charge in [0.2, 0.25) is 0 Å². The zero-order valence-electron chi connectivity index (χ0n) is 31.7. The SMILES string of the molecule is FC(F)(F)c1ccc2c(c1)c1c3nc4c(c5ccc([nH]5)c5c6ccc(C(F)(F)F)cc6c6c5nc5c(c7ccc([nH]7)c23)c2ccc(C(F)(F)F)cc2c56)c2ccc(C(F)(F)F)cc2c41. The van der Waals surface area contributed by atoms with E-state index in [1.807, 2.05) is 0 Å². The first-order chi connectivity index (χ1) is 30.3. The Morgan fingerprint density at radius 3 is 0.688 bits per heavy atom. The molecule has 0 saturated heterocycles. The van der Waals surface area contributed by atoms with Gasteiger partial charge in [-0.15, -0.1) is 0 Å². The number of hydrogen-bond acceptors (Lipinski definition) is 2. The third-order valence-corrected chi connectivity index (χ3v) is 12.8. The van der Waals surface area contributed by atoms with Crippen LogP contribution >= 0.6 is 0 Å². The average molecular weight is 879 g/mol. The van der Waals surface area contributed by atoms with Gasteiger partial charge in [0.15, 0.2) is 0 Å². The van der Waals surface area contributed by atoms with Gasteiger partial charge in [0.05, 0.1) is 44.3 Å². The molecule has 0 aliphatic carbocycles. The first-order valence-electron chi connectivity index (χ1n) is 19.4. The number of halogens is 12. The fourth-order valence-electron chi connectivity index (χ4n) is 10.2. The summed E-state index contributed by atoms with van der Waals surface area (Å²) in [6.07, 6.45) is -19.2. The van der Waals surface area contributed by atoms with Gasteiger partial charge in [0.25, 0.3) is 0 Å². The first kappa shape index (κ1) is 37.2. The molecule has 0 fully saturated rings. The van der Waals surface area contributed by atoms with E-state index >= 15 is 0 Å². The summed E-state index contributed by atoms with van der Waals surface area (Å²) in [5.74, 6) is 0. The van der Waals surface area contributed by atoms with Crippen molar-refractivity contribution < 1.29 is 52.7 Å². The second-order valence-electron chi connectivity index (χ2n) is 16.2. The van der Waals surface area contributed by atoms with Gasteiger partial charge < -0.3 is 9.97 Å². The minimum absolute atomic E-state index is 0.0790. The van der Waals surface area contributed by atoms with Gasteiger partial charge in [-0.3, -0.25) is 0 Å². The third-order valence-electron chi connectivity index (χ3n) is 12.8. The summed E-state index contributed by atoms with van der Waals surface area (Å²) in [5.41, 5.74) is -1.98. The Kier molecular flexibility index (Phi) is 6.64. The highest BCUT2D eigenvalue weighted by atomic mass is 19.4. The summed E-state index contributed by atoms with van der Waals surface area (Å²) in [6, 6.07) is 18.9. The molecule has 0 amide bonds. The summed E-state index contributed by atoms with van der Waals surface area (Å²) in [6.45, 7) is 0. The maximum Gasteiger partial charge on any atom is 0.416 e. The molecule has 314 valence electrons. The Labute approximate surface area is 346 Å². The Balaban J connectivity index is 1.33. The zero-order chi connectivity index (χ0) is 44.3. The molecule has 0 unspecified atom stereocenters. The van der Waals surface area contributed by atoms with Crippen molar-refractivity contribution in [2.45, 2.75) is 24.7 Å². The van der Waals surface area contributed by atoms with E-state index < -0.39 is 47.0 Å². The van der Waals surface area contributed by atoms with Crippen LogP contribution in [0.2, 0.25) is 0 Å². The van der Waals surface area contributed by atoms with Crippen LogP contribution in [-0.4, -0.2) is 19.9 Å². The van der Waals surface area contributed by atoms with Crippen LogP contribution in [0, 0.1) is 0 Å². The van der Waals surface area contributed by atoms with Crippen molar-refractivity contribution in [3.8, 4) is 0 Å². The molecule has 16 heteroatoms. The molecule has 0 spiro atoms. The van der Waals surface area contributed by atoms with E-state index in [2.05, 4.69) is 9.97 Å². The predicted molar refractivity (Wildman–Crippen MR) is 223 cm³/mol. The Bertz CT molecular complexity index is 3710. The lowest BCUT2D eigenvalue weighted by Crippen LogP contribution is -2.04. The molecule has 13 rings (SSSR count). The second-order valence-corrected chi connectivity index (χ2v) is 16.2. The van der Waals surface area contributed by atoms with Crippen LogP contribution in [-0.2, 0) is 24.7 Å². The van der Waals surface area contributed by atoms with E-state index in [9.17, 15) is 52.7 Å². The van der Waals surface area contributed by atoms with Crippen LogP contribution in [0.4, 0.5) is 52.7 Å². The summed E-state index contributed by atoms with van der Waals surface area (Å²) in [7, 11) is 0. The quantitative estimate of drug-likeness (QED) is 0.149. The number of benzene rings is 4. The fraction of sp³-hybridized carbons (Fsp3) is 0.0833. The van der Waals surface area contributed by atoms with Gasteiger partial charge in [-0.2, -0.15) is 52.7 Å². The lowest BCUT2D eigenvalue weighted by molar-refractivity contribution is -0.138. The number of aromatic nitrogens is 4. The third kappa shape index (κ3) is 4.71. The summed E-state index contributed by atoms with van der Waals surface area (Å²) < 4.78 is 173. The number of nitrogens with one attached hydrogen (secondary N) is 2. The second kappa shape index (κ2) is 11.4. The monoisotopic (exact) mass is 878 g/mol. The van der Waals surface area contributed by atoms with Crippen LogP contribution in [0.15, 0.2) is 97.1 Å². The van der Waals surface area contributed by atoms with Crippen molar-refractivity contribution in [2.24, 2.45) is 0 Å². The normalized spacial score (nSPS) is 13.9. The zero-order valence-corrected chi connectivity index (χ0v) is 31.7. The van der Waals surface area contributed by atoms with Crippen LogP contribution in [0.3, 0.4) is 0 Å². The molecule has 4 nitrogen and oxygen atoms in total. The van der Waals surface area contributed by atoms with Crippen molar-refractivity contribution in [2.75, 3.05) is 0 Å². The van der Waals surface area contributed by atoms with Gasteiger partial charge in [-0.05, 0) is 116 Å². The van der Waals surface area contributed by atoms with Crippen LogP contribution < -0.4 is 0 Å². The lowest BCUT2D eigenvalue weighted by atomic mass is 10.1. The van der Waals surface area contributed by atoms with E-state index in [1.165, 1.54) is 24.3 Å². The molecule has 0 saturated carbocycles. The molecule has 0 atom stereocenters. The lowest BCUT2D eigenvalue weighted by Gasteiger charge is -2.07. The van der Waals surface area contributed by atoms with Crippen molar-refractivity contribution in [1.29, 1.82) is 0 Å². The van der Waals surface area contributed by atoms with Crippen LogP contribution in [0.5, 0.6) is 0 Å². The molecule has 8 aromatic carbocycles. The molecular weight excluding hydrogens is 861 g/mol. The number of H-pyrrole nitrogens is 2. The number of fused-ring (bicyclic) bond motifs is 22. The van der Waals surface area contributed by atoms with Crippen LogP contribution in [0.1, 0.15) is 22.3 Å². The maximum absolute atomic E-state index is 14.4. The Morgan fingerprint density at radius 1 is 0.266 bits per heavy atom. The van der Waals surface area contributed by atoms with E-state index in [-0.39, 0.29) is 65.2 Å². The number of rotatable bonds is 0. The molecule has 8 bridgehead atoms. The Hall–Kier alpha value is -7.36. The van der Waals surface area contributed by atoms with E-state index in [1.54, 1.807) is 24.3 Å². The van der Waals surface area contributed by atoms with Gasteiger partial charge >= 0.3 is 24.7 Å². The molecular formula is C48H18F12N4. The standard InChI is InChI=1S/C48H18F12N4/c49-45(50,51)17-1-5-21-25(13-17)37-38-26-14-18(46(52,53)54)2-6-22(26)35-31-11-12-32(62-31)36-24-8-4-20(48(58,59)60)16-28(24)40-39-27-15-19(47(55,56)57)3-7-23(27)34(43(39)64-44(36)40)30-10-9-29(61-30)33(21)41(37)63-42(35)38/h1-16,61-62H. The van der Waals surface area contributed by atoms with Gasteiger partial charge in [-0.25, -0.2) is 9.97 Å². The highest BCUT2D eigenvalue weighted by Crippen LogP contribution is 2.52. The predicted octanol–water partition coefficient (Wildman–Crippen LogP) is 15.9. The molecule has 0 aliphatic heterocycles. The highest BCUT2D eigenvalue weighted by Gasteiger charge is 2.36. The van der Waals surface area contributed by atoms with Crippen molar-refractivity contribution >= 4 is 130 Å². The smallest absolute Gasteiger partial charge is 0.354 e. The van der Waals surface area contributed by atoms with E-state index in [0.717, 1.165) is 48.5 Å². The van der Waals surface area contributed by atoms with Crippen LogP contribution in [0.25, 0.3) is 130 Å². The minimum Gasteiger partial charge on any atom is -0.354 e. The van der Waals surface area contributed by atoms with Gasteiger partial charge in [-0.1, -0.05) is 24.3 Å². The van der Waals surface area contributed by atoms with Crippen molar-refractivity contribution in [3.05, 3.63) is 119 Å². The molecule has 5 heterocycles. The first-order valence-corrected chi connectivity index (χ1v) is 19.4. The van der Waals surface area contributed by atoms with Crippen molar-refractivity contribution in [1.82, 2.24) is 19.9 Å². The van der Waals surface area contributed by atoms with Gasteiger partial charge in [0.1, 0.15) is 0 Å². The maximum atomic E-state index is 14.4. The molecule has 5 aromatic heterocycles. The number of nitrogens with zero attached hydrogens (tertiary/aromatic N) is 2. The topological polar surface area (TPSA) is 57.4 Å². The molecule has 64 heavy (non-hydrogen) atoms. The molecule has 13 aromatic rings. The highest BCUT2D eigenvalue weighted by molar-refractivity contribution is 6.45. The Morgan fingerprint density at radius 2 is 0.484 bits per heavy atom. The fourth-order valence-corrected chi connectivity index (χ4v) is 10.2. The summed E-state index contributed by atoms with van der Waals surface area (Å²) in [4.78, 5) is 16.7. The average Bonchev–Trinajstić information content (AvgIpc) is 4.08. The summed E-state index contributed by atoms with van der Waals surface area (Å²) in [5, 5.41) is 3.49. The van der Waals surface area contributed by atoms with E-state index in [0.29, 0.717) is 65.2 Å². The molecule has 0 aliphatic rings. The van der Waals surface area contributed by atoms with Gasteiger partial charge in [0, 0.05) is 65.2 Å². The minimum atomic E-state index is -4.79. The number of aromatic amines is 2. The largest absolute Gasteiger partial charge is 0.416 e. The number of hydrogen-bond donors (Lipinski definition) is 2. The van der Waals surface area contributed by atoms with E-state index in [4.69, 9.17) is 9.97 Å².